The number of aliphatic hydroxyl groups excluding tert-OH is 2. The van der Waals surface area contributed by atoms with Crippen LogP contribution in [0.1, 0.15) is 11.5 Å². The molecule has 0 spiro atoms. The van der Waals surface area contributed by atoms with Crippen molar-refractivity contribution < 1.29 is 14.9 Å². The standard InChI is InChI=1S/C13H17Cl2NO3/c14-10-2-1-8(5-11(10)15)9-6-16-3-4-19-13(9)12(18)7-17/h1-2,5,9,12-13,16-18H,3-4,6-7H2/t9-,12+,13+/m0/s1. The highest BCUT2D eigenvalue weighted by Crippen LogP contribution is 2.30. The van der Waals surface area contributed by atoms with E-state index in [0.29, 0.717) is 29.7 Å². The molecule has 0 radical (unpaired) electrons. The Hall–Kier alpha value is -0.360. The first kappa shape index (κ1) is 15.0. The molecular formula is C13H17Cl2NO3. The summed E-state index contributed by atoms with van der Waals surface area (Å²) in [6, 6.07) is 5.38. The summed E-state index contributed by atoms with van der Waals surface area (Å²) >= 11 is 11.9. The van der Waals surface area contributed by atoms with Gasteiger partial charge in [-0.1, -0.05) is 29.3 Å². The van der Waals surface area contributed by atoms with Crippen molar-refractivity contribution in [1.82, 2.24) is 5.32 Å². The van der Waals surface area contributed by atoms with Crippen LogP contribution in [-0.4, -0.2) is 48.7 Å². The molecule has 1 aliphatic rings. The first-order chi connectivity index (χ1) is 9.13. The smallest absolute Gasteiger partial charge is 0.104 e. The van der Waals surface area contributed by atoms with Crippen molar-refractivity contribution in [1.29, 1.82) is 0 Å². The van der Waals surface area contributed by atoms with Crippen LogP contribution in [0.3, 0.4) is 0 Å². The third-order valence-corrected chi connectivity index (χ3v) is 4.03. The predicted octanol–water partition coefficient (Wildman–Crippen LogP) is 1.42. The molecule has 1 aromatic rings. The fourth-order valence-corrected chi connectivity index (χ4v) is 2.60. The Morgan fingerprint density at radius 1 is 1.37 bits per heavy atom. The molecule has 106 valence electrons. The quantitative estimate of drug-likeness (QED) is 0.790. The second kappa shape index (κ2) is 6.88. The van der Waals surface area contributed by atoms with Crippen molar-refractivity contribution in [2.24, 2.45) is 0 Å². The van der Waals surface area contributed by atoms with E-state index < -0.39 is 12.2 Å². The van der Waals surface area contributed by atoms with Gasteiger partial charge in [0.2, 0.25) is 0 Å². The first-order valence-electron chi connectivity index (χ1n) is 6.19. The van der Waals surface area contributed by atoms with Crippen molar-refractivity contribution >= 4 is 23.2 Å². The molecule has 0 bridgehead atoms. The van der Waals surface area contributed by atoms with Crippen molar-refractivity contribution in [2.45, 2.75) is 18.1 Å². The maximum absolute atomic E-state index is 9.90. The van der Waals surface area contributed by atoms with E-state index in [4.69, 9.17) is 33.0 Å². The Balaban J connectivity index is 2.28. The molecule has 0 saturated carbocycles. The van der Waals surface area contributed by atoms with Crippen LogP contribution in [0.15, 0.2) is 18.2 Å². The van der Waals surface area contributed by atoms with Gasteiger partial charge in [0.05, 0.1) is 29.4 Å². The minimum absolute atomic E-state index is 0.0839. The highest BCUT2D eigenvalue weighted by Gasteiger charge is 2.31. The lowest BCUT2D eigenvalue weighted by atomic mass is 9.90. The highest BCUT2D eigenvalue weighted by atomic mass is 35.5. The third-order valence-electron chi connectivity index (χ3n) is 3.29. The van der Waals surface area contributed by atoms with Gasteiger partial charge in [-0.2, -0.15) is 0 Å². The molecule has 1 aliphatic heterocycles. The second-order valence-electron chi connectivity index (χ2n) is 4.57. The molecule has 1 heterocycles. The lowest BCUT2D eigenvalue weighted by Crippen LogP contribution is -2.38. The van der Waals surface area contributed by atoms with E-state index in [2.05, 4.69) is 5.32 Å². The topological polar surface area (TPSA) is 61.7 Å². The molecule has 3 atom stereocenters. The number of ether oxygens (including phenoxy) is 1. The SMILES string of the molecule is OC[C@@H](O)[C@@H]1OCCNC[C@H]1c1ccc(Cl)c(Cl)c1. The summed E-state index contributed by atoms with van der Waals surface area (Å²) < 4.78 is 5.64. The molecule has 0 amide bonds. The van der Waals surface area contributed by atoms with E-state index in [1.807, 2.05) is 6.07 Å². The Bertz CT molecular complexity index is 430. The Morgan fingerprint density at radius 2 is 2.16 bits per heavy atom. The summed E-state index contributed by atoms with van der Waals surface area (Å²) in [7, 11) is 0. The maximum Gasteiger partial charge on any atom is 0.104 e. The van der Waals surface area contributed by atoms with Gasteiger partial charge in [-0.3, -0.25) is 0 Å². The van der Waals surface area contributed by atoms with Crippen LogP contribution in [0.2, 0.25) is 10.0 Å². The van der Waals surface area contributed by atoms with Gasteiger partial charge in [0.25, 0.3) is 0 Å². The lowest BCUT2D eigenvalue weighted by molar-refractivity contribution is -0.0609. The number of hydrogen-bond donors (Lipinski definition) is 3. The Labute approximate surface area is 122 Å². The van der Waals surface area contributed by atoms with E-state index in [0.717, 1.165) is 5.56 Å². The van der Waals surface area contributed by atoms with Crippen LogP contribution in [0.4, 0.5) is 0 Å². The van der Waals surface area contributed by atoms with Gasteiger partial charge in [-0.15, -0.1) is 0 Å². The summed E-state index contributed by atoms with van der Waals surface area (Å²) in [6.07, 6.45) is -1.38. The van der Waals surface area contributed by atoms with Crippen LogP contribution >= 0.6 is 23.2 Å². The molecule has 0 aliphatic carbocycles. The summed E-state index contributed by atoms with van der Waals surface area (Å²) in [5, 5.41) is 23.3. The molecule has 1 saturated heterocycles. The first-order valence-corrected chi connectivity index (χ1v) is 6.95. The largest absolute Gasteiger partial charge is 0.394 e. The van der Waals surface area contributed by atoms with E-state index in [9.17, 15) is 5.11 Å². The fourth-order valence-electron chi connectivity index (χ4n) is 2.29. The van der Waals surface area contributed by atoms with E-state index in [1.165, 1.54) is 0 Å². The van der Waals surface area contributed by atoms with Gasteiger partial charge in [-0.05, 0) is 17.7 Å². The van der Waals surface area contributed by atoms with E-state index in [1.54, 1.807) is 12.1 Å². The molecule has 6 heteroatoms. The second-order valence-corrected chi connectivity index (χ2v) is 5.38. The van der Waals surface area contributed by atoms with Crippen molar-refractivity contribution in [2.75, 3.05) is 26.3 Å². The zero-order chi connectivity index (χ0) is 13.8. The van der Waals surface area contributed by atoms with Crippen molar-refractivity contribution in [3.63, 3.8) is 0 Å². The molecule has 0 aromatic heterocycles. The van der Waals surface area contributed by atoms with Gasteiger partial charge in [0.15, 0.2) is 0 Å². The highest BCUT2D eigenvalue weighted by molar-refractivity contribution is 6.42. The number of aliphatic hydroxyl groups is 2. The average molecular weight is 306 g/mol. The van der Waals surface area contributed by atoms with Gasteiger partial charge < -0.3 is 20.3 Å². The van der Waals surface area contributed by atoms with Crippen LogP contribution in [-0.2, 0) is 4.74 Å². The minimum Gasteiger partial charge on any atom is -0.394 e. The summed E-state index contributed by atoms with van der Waals surface area (Å²) in [5.41, 5.74) is 0.932. The molecule has 1 aromatic carbocycles. The zero-order valence-corrected chi connectivity index (χ0v) is 11.9. The van der Waals surface area contributed by atoms with E-state index in [-0.39, 0.29) is 12.5 Å². The van der Waals surface area contributed by atoms with Crippen molar-refractivity contribution in [3.05, 3.63) is 33.8 Å². The van der Waals surface area contributed by atoms with E-state index >= 15 is 0 Å². The normalized spacial score (nSPS) is 25.9. The number of halogens is 2. The molecule has 2 rings (SSSR count). The van der Waals surface area contributed by atoms with Crippen LogP contribution < -0.4 is 5.32 Å². The molecule has 3 N–H and O–H groups in total. The Morgan fingerprint density at radius 3 is 2.84 bits per heavy atom. The van der Waals surface area contributed by atoms with Gasteiger partial charge in [-0.25, -0.2) is 0 Å². The minimum atomic E-state index is -0.917. The number of nitrogens with one attached hydrogen (secondary N) is 1. The lowest BCUT2D eigenvalue weighted by Gasteiger charge is -2.28. The van der Waals surface area contributed by atoms with Crippen LogP contribution in [0.5, 0.6) is 0 Å². The van der Waals surface area contributed by atoms with Gasteiger partial charge >= 0.3 is 0 Å². The van der Waals surface area contributed by atoms with Crippen LogP contribution in [0, 0.1) is 0 Å². The maximum atomic E-state index is 9.90. The van der Waals surface area contributed by atoms with Crippen molar-refractivity contribution in [3.8, 4) is 0 Å². The molecule has 0 unspecified atom stereocenters. The van der Waals surface area contributed by atoms with Crippen LogP contribution in [0.25, 0.3) is 0 Å². The number of benzene rings is 1. The summed E-state index contributed by atoms with van der Waals surface area (Å²) in [6.45, 7) is 1.54. The summed E-state index contributed by atoms with van der Waals surface area (Å²) in [4.78, 5) is 0. The average Bonchev–Trinajstić information content (AvgIpc) is 2.66. The Kier molecular flexibility index (Phi) is 5.45. The number of rotatable bonds is 3. The monoisotopic (exact) mass is 305 g/mol. The molecule has 19 heavy (non-hydrogen) atoms. The third kappa shape index (κ3) is 3.60. The van der Waals surface area contributed by atoms with Gasteiger partial charge in [0, 0.05) is 19.0 Å². The molecule has 4 nitrogen and oxygen atoms in total. The fraction of sp³-hybridized carbons (Fsp3) is 0.538. The zero-order valence-electron chi connectivity index (χ0n) is 10.4. The predicted molar refractivity (Wildman–Crippen MR) is 74.9 cm³/mol. The summed E-state index contributed by atoms with van der Waals surface area (Å²) in [5.74, 6) is -0.0839. The number of hydrogen-bond acceptors (Lipinski definition) is 4. The molecular weight excluding hydrogens is 289 g/mol. The molecule has 1 fully saturated rings. The van der Waals surface area contributed by atoms with Gasteiger partial charge in [0.1, 0.15) is 6.10 Å².